The summed E-state index contributed by atoms with van der Waals surface area (Å²) in [5, 5.41) is 4.38. The molecule has 2 aromatic carbocycles. The van der Waals surface area contributed by atoms with Crippen LogP contribution in [0.4, 0.5) is 4.39 Å². The van der Waals surface area contributed by atoms with E-state index in [9.17, 15) is 9.18 Å². The van der Waals surface area contributed by atoms with Crippen molar-refractivity contribution in [1.82, 2.24) is 20.2 Å². The number of fused-ring (bicyclic) bond motifs is 1. The molecule has 1 aliphatic heterocycles. The minimum Gasteiger partial charge on any atom is -0.354 e. The summed E-state index contributed by atoms with van der Waals surface area (Å²) in [4.78, 5) is 23.8. The van der Waals surface area contributed by atoms with Crippen LogP contribution in [0.15, 0.2) is 53.7 Å². The number of para-hydroxylation sites is 2. The number of H-pyrrole nitrogens is 1. The van der Waals surface area contributed by atoms with Gasteiger partial charge in [-0.2, -0.15) is 0 Å². The maximum Gasteiger partial charge on any atom is 0.237 e. The highest BCUT2D eigenvalue weighted by atomic mass is 32.2. The summed E-state index contributed by atoms with van der Waals surface area (Å²) < 4.78 is 13.5. The molecular formula is C27H33FN4OS. The molecular weight excluding hydrogens is 447 g/mol. The van der Waals surface area contributed by atoms with Gasteiger partial charge in [-0.1, -0.05) is 55.3 Å². The molecule has 5 nitrogen and oxygen atoms in total. The number of benzene rings is 2. The third-order valence-electron chi connectivity index (χ3n) is 7.13. The molecule has 1 saturated heterocycles. The molecule has 1 aromatic heterocycles. The second-order valence-corrected chi connectivity index (χ2v) is 11.0. The summed E-state index contributed by atoms with van der Waals surface area (Å²) in [5.41, 5.74) is 2.94. The first-order valence-corrected chi connectivity index (χ1v) is 13.4. The zero-order valence-electron chi connectivity index (χ0n) is 19.5. The maximum absolute atomic E-state index is 13.5. The van der Waals surface area contributed by atoms with Gasteiger partial charge in [0.15, 0.2) is 5.16 Å². The number of hydrogen-bond donors (Lipinski definition) is 2. The van der Waals surface area contributed by atoms with Gasteiger partial charge in [0.25, 0.3) is 0 Å². The van der Waals surface area contributed by atoms with Crippen LogP contribution < -0.4 is 5.32 Å². The van der Waals surface area contributed by atoms with Gasteiger partial charge in [-0.15, -0.1) is 0 Å². The summed E-state index contributed by atoms with van der Waals surface area (Å²) in [7, 11) is 0. The Morgan fingerprint density at radius 3 is 2.82 bits per heavy atom. The molecule has 0 bridgehead atoms. The molecule has 0 spiro atoms. The number of imidazole rings is 1. The molecule has 3 aromatic rings. The molecule has 2 atom stereocenters. The van der Waals surface area contributed by atoms with Crippen molar-refractivity contribution >= 4 is 28.7 Å². The topological polar surface area (TPSA) is 61.0 Å². The highest BCUT2D eigenvalue weighted by molar-refractivity contribution is 7.99. The molecule has 180 valence electrons. The molecule has 0 unspecified atom stereocenters. The molecule has 2 fully saturated rings. The number of nitrogens with zero attached hydrogens (tertiary/aromatic N) is 2. The lowest BCUT2D eigenvalue weighted by atomic mass is 9.89. The third-order valence-corrected chi connectivity index (χ3v) is 8.22. The van der Waals surface area contributed by atoms with Crippen LogP contribution in [0.5, 0.6) is 0 Å². The fourth-order valence-electron chi connectivity index (χ4n) is 5.41. The Bertz CT molecular complexity index is 1080. The zero-order valence-corrected chi connectivity index (χ0v) is 20.3. The number of halogens is 1. The fraction of sp³-hybridized carbons (Fsp3) is 0.481. The van der Waals surface area contributed by atoms with Crippen LogP contribution >= 0.6 is 11.8 Å². The SMILES string of the molecule is O=C(NCCc1cccc(F)c1)[C@@H]1C[C@H](Sc2nc3ccccc3[nH]2)CN1CC1CCCCC1. The quantitative estimate of drug-likeness (QED) is 0.467. The second-order valence-electron chi connectivity index (χ2n) is 9.68. The highest BCUT2D eigenvalue weighted by Crippen LogP contribution is 2.34. The van der Waals surface area contributed by atoms with E-state index in [1.165, 1.54) is 44.2 Å². The Morgan fingerprint density at radius 1 is 1.15 bits per heavy atom. The van der Waals surface area contributed by atoms with Crippen molar-refractivity contribution in [3.05, 3.63) is 59.9 Å². The lowest BCUT2D eigenvalue weighted by Crippen LogP contribution is -2.45. The lowest BCUT2D eigenvalue weighted by molar-refractivity contribution is -0.125. The molecule has 2 heterocycles. The second kappa shape index (κ2) is 10.9. The van der Waals surface area contributed by atoms with E-state index in [4.69, 9.17) is 4.98 Å². The van der Waals surface area contributed by atoms with E-state index in [-0.39, 0.29) is 17.8 Å². The number of amides is 1. The van der Waals surface area contributed by atoms with Gasteiger partial charge in [-0.05, 0) is 61.4 Å². The standard InChI is InChI=1S/C27H33FN4OS/c28-21-10-6-9-19(15-21)13-14-29-26(33)25-16-22(18-32(25)17-20-7-2-1-3-8-20)34-27-30-23-11-4-5-12-24(23)31-27/h4-6,9-12,15,20,22,25H,1-3,7-8,13-14,16-18H2,(H,29,33)(H,30,31)/t22-,25-/m0/s1. The number of hydrogen-bond acceptors (Lipinski definition) is 4. The molecule has 5 rings (SSSR count). The lowest BCUT2D eigenvalue weighted by Gasteiger charge is -2.30. The van der Waals surface area contributed by atoms with Gasteiger partial charge >= 0.3 is 0 Å². The molecule has 1 saturated carbocycles. The van der Waals surface area contributed by atoms with Gasteiger partial charge < -0.3 is 10.3 Å². The van der Waals surface area contributed by atoms with Crippen molar-refractivity contribution in [3.8, 4) is 0 Å². The Kier molecular flexibility index (Phi) is 7.50. The molecule has 34 heavy (non-hydrogen) atoms. The molecule has 2 N–H and O–H groups in total. The van der Waals surface area contributed by atoms with Gasteiger partial charge in [-0.3, -0.25) is 9.69 Å². The summed E-state index contributed by atoms with van der Waals surface area (Å²) >= 11 is 1.76. The first kappa shape index (κ1) is 23.4. The van der Waals surface area contributed by atoms with Crippen LogP contribution in [0.2, 0.25) is 0 Å². The van der Waals surface area contributed by atoms with E-state index in [0.29, 0.717) is 24.1 Å². The Balaban J connectivity index is 1.22. The smallest absolute Gasteiger partial charge is 0.237 e. The summed E-state index contributed by atoms with van der Waals surface area (Å²) in [6.07, 6.45) is 7.94. The van der Waals surface area contributed by atoms with Crippen LogP contribution in [-0.2, 0) is 11.2 Å². The normalized spacial score (nSPS) is 21.8. The number of nitrogens with one attached hydrogen (secondary N) is 2. The van der Waals surface area contributed by atoms with Crippen LogP contribution in [0.1, 0.15) is 44.1 Å². The third kappa shape index (κ3) is 5.81. The number of carbonyl (C=O) groups excluding carboxylic acids is 1. The van der Waals surface area contributed by atoms with Crippen molar-refractivity contribution in [2.75, 3.05) is 19.6 Å². The number of aromatic amines is 1. The first-order valence-electron chi connectivity index (χ1n) is 12.5. The van der Waals surface area contributed by atoms with Crippen LogP contribution in [0.25, 0.3) is 11.0 Å². The van der Waals surface area contributed by atoms with E-state index in [1.54, 1.807) is 17.8 Å². The van der Waals surface area contributed by atoms with E-state index in [0.717, 1.165) is 41.3 Å². The van der Waals surface area contributed by atoms with Gasteiger partial charge in [0.1, 0.15) is 5.82 Å². The van der Waals surface area contributed by atoms with Gasteiger partial charge in [-0.25, -0.2) is 9.37 Å². The number of likely N-dealkylation sites (tertiary alicyclic amines) is 1. The zero-order chi connectivity index (χ0) is 23.3. The average Bonchev–Trinajstić information content (AvgIpc) is 3.43. The number of rotatable bonds is 8. The predicted molar refractivity (Wildman–Crippen MR) is 135 cm³/mol. The number of aromatic nitrogens is 2. The minimum atomic E-state index is -0.233. The van der Waals surface area contributed by atoms with E-state index in [1.807, 2.05) is 30.3 Å². The molecule has 1 aliphatic carbocycles. The summed E-state index contributed by atoms with van der Waals surface area (Å²) in [6, 6.07) is 14.6. The fourth-order valence-corrected chi connectivity index (χ4v) is 6.59. The molecule has 2 aliphatic rings. The van der Waals surface area contributed by atoms with Crippen molar-refractivity contribution < 1.29 is 9.18 Å². The van der Waals surface area contributed by atoms with Gasteiger partial charge in [0.2, 0.25) is 5.91 Å². The predicted octanol–water partition coefficient (Wildman–Crippen LogP) is 5.18. The Hall–Kier alpha value is -2.38. The van der Waals surface area contributed by atoms with Crippen molar-refractivity contribution in [2.24, 2.45) is 5.92 Å². The van der Waals surface area contributed by atoms with Crippen LogP contribution in [0.3, 0.4) is 0 Å². The number of carbonyl (C=O) groups is 1. The van der Waals surface area contributed by atoms with Crippen LogP contribution in [-0.4, -0.2) is 51.7 Å². The summed E-state index contributed by atoms with van der Waals surface area (Å²) in [5.74, 6) is 0.551. The van der Waals surface area contributed by atoms with Crippen molar-refractivity contribution in [1.29, 1.82) is 0 Å². The average molecular weight is 481 g/mol. The van der Waals surface area contributed by atoms with Crippen molar-refractivity contribution in [2.45, 2.75) is 61.4 Å². The van der Waals surface area contributed by atoms with Gasteiger partial charge in [0.05, 0.1) is 17.1 Å². The molecule has 1 amide bonds. The van der Waals surface area contributed by atoms with E-state index < -0.39 is 0 Å². The highest BCUT2D eigenvalue weighted by Gasteiger charge is 2.38. The largest absolute Gasteiger partial charge is 0.354 e. The molecule has 7 heteroatoms. The van der Waals surface area contributed by atoms with Crippen LogP contribution in [0, 0.1) is 11.7 Å². The van der Waals surface area contributed by atoms with E-state index in [2.05, 4.69) is 15.2 Å². The molecule has 0 radical (unpaired) electrons. The van der Waals surface area contributed by atoms with Crippen molar-refractivity contribution in [3.63, 3.8) is 0 Å². The monoisotopic (exact) mass is 480 g/mol. The maximum atomic E-state index is 13.5. The summed E-state index contributed by atoms with van der Waals surface area (Å²) in [6.45, 7) is 2.43. The minimum absolute atomic E-state index is 0.0971. The number of thioether (sulfide) groups is 1. The Labute approximate surface area is 204 Å². The first-order chi connectivity index (χ1) is 16.6. The van der Waals surface area contributed by atoms with Gasteiger partial charge in [0, 0.05) is 24.9 Å². The van der Waals surface area contributed by atoms with E-state index >= 15 is 0 Å². The Morgan fingerprint density at radius 2 is 2.00 bits per heavy atom.